The fourth-order valence-electron chi connectivity index (χ4n) is 0.810. The number of benzene rings is 1. The minimum atomic E-state index is 0. The molecule has 0 spiro atoms. The van der Waals surface area contributed by atoms with Gasteiger partial charge in [0.25, 0.3) is 0 Å². The van der Waals surface area contributed by atoms with Crippen LogP contribution in [0.5, 0.6) is 5.75 Å². The Morgan fingerprint density at radius 2 is 1.90 bits per heavy atom. The van der Waals surface area contributed by atoms with Crippen LogP contribution >= 0.6 is 0 Å². The first kappa shape index (κ1) is 9.90. The zero-order valence-corrected chi connectivity index (χ0v) is 8.42. The van der Waals surface area contributed by atoms with Crippen molar-refractivity contribution < 1.29 is 31.3 Å². The Bertz CT molecular complexity index is 198. The van der Waals surface area contributed by atoms with E-state index in [0.29, 0.717) is 5.75 Å². The van der Waals surface area contributed by atoms with E-state index in [9.17, 15) is 0 Å². The van der Waals surface area contributed by atoms with Gasteiger partial charge in [0, 0.05) is 26.2 Å². The molecule has 1 aromatic carbocycles. The Labute approximate surface area is 80.2 Å². The summed E-state index contributed by atoms with van der Waals surface area (Å²) in [6.07, 6.45) is 0.896. The number of hydrogen-bond acceptors (Lipinski definition) is 1. The summed E-state index contributed by atoms with van der Waals surface area (Å²) in [5, 5.41) is 9.11. The van der Waals surface area contributed by atoms with Crippen molar-refractivity contribution in [3.05, 3.63) is 29.8 Å². The van der Waals surface area contributed by atoms with Gasteiger partial charge in [0.1, 0.15) is 5.75 Å². The second-order valence-corrected chi connectivity index (χ2v) is 1.98. The molecule has 0 heterocycles. The van der Waals surface area contributed by atoms with E-state index in [1.165, 1.54) is 0 Å². The Kier molecular flexibility index (Phi) is 4.63. The number of phenols is 1. The standard InChI is InChI=1S/C8H10O.Zr/c1-2-7-5-3-4-6-8(7)9;/h3-6,9H,2H2,1H3;. The van der Waals surface area contributed by atoms with E-state index in [4.69, 9.17) is 5.11 Å². The molecule has 0 aliphatic heterocycles. The first-order valence-corrected chi connectivity index (χ1v) is 3.11. The monoisotopic (exact) mass is 212 g/mol. The van der Waals surface area contributed by atoms with E-state index in [0.717, 1.165) is 12.0 Å². The topological polar surface area (TPSA) is 20.2 Å². The van der Waals surface area contributed by atoms with Gasteiger partial charge in [-0.15, -0.1) is 0 Å². The van der Waals surface area contributed by atoms with Crippen LogP contribution in [0, 0.1) is 0 Å². The van der Waals surface area contributed by atoms with Crippen LogP contribution in [0.25, 0.3) is 0 Å². The maximum absolute atomic E-state index is 9.11. The summed E-state index contributed by atoms with van der Waals surface area (Å²) in [6, 6.07) is 7.39. The number of phenolic OH excluding ortho intramolecular Hbond substituents is 1. The summed E-state index contributed by atoms with van der Waals surface area (Å²) in [5.74, 6) is 0.403. The molecule has 1 nitrogen and oxygen atoms in total. The van der Waals surface area contributed by atoms with E-state index < -0.39 is 0 Å². The van der Waals surface area contributed by atoms with Crippen LogP contribution in [0.3, 0.4) is 0 Å². The molecular formula is C8H10OZr. The summed E-state index contributed by atoms with van der Waals surface area (Å²) in [5.41, 5.74) is 1.01. The number of aryl methyl sites for hydroxylation is 1. The fraction of sp³-hybridized carbons (Fsp3) is 0.250. The Hall–Kier alpha value is -0.0969. The van der Waals surface area contributed by atoms with E-state index in [1.54, 1.807) is 6.07 Å². The largest absolute Gasteiger partial charge is 0.508 e. The third-order valence-corrected chi connectivity index (χ3v) is 1.37. The van der Waals surface area contributed by atoms with Gasteiger partial charge in [-0.1, -0.05) is 25.1 Å². The molecule has 10 heavy (non-hydrogen) atoms. The van der Waals surface area contributed by atoms with Crippen LogP contribution < -0.4 is 0 Å². The molecule has 0 aliphatic rings. The summed E-state index contributed by atoms with van der Waals surface area (Å²) < 4.78 is 0. The van der Waals surface area contributed by atoms with Crippen LogP contribution in [0.2, 0.25) is 0 Å². The Balaban J connectivity index is 0.000000810. The van der Waals surface area contributed by atoms with Gasteiger partial charge in [-0.25, -0.2) is 0 Å². The van der Waals surface area contributed by atoms with Gasteiger partial charge in [-0.2, -0.15) is 0 Å². The minimum absolute atomic E-state index is 0. The van der Waals surface area contributed by atoms with E-state index >= 15 is 0 Å². The third kappa shape index (κ3) is 2.26. The number of hydrogen-bond donors (Lipinski definition) is 1. The van der Waals surface area contributed by atoms with E-state index in [2.05, 4.69) is 0 Å². The van der Waals surface area contributed by atoms with Crippen molar-refractivity contribution >= 4 is 0 Å². The van der Waals surface area contributed by atoms with Crippen LogP contribution in [0.4, 0.5) is 0 Å². The second-order valence-electron chi connectivity index (χ2n) is 1.98. The average Bonchev–Trinajstić information content (AvgIpc) is 1.89. The average molecular weight is 213 g/mol. The van der Waals surface area contributed by atoms with Crippen molar-refractivity contribution in [2.45, 2.75) is 13.3 Å². The molecule has 0 saturated carbocycles. The maximum atomic E-state index is 9.11. The van der Waals surface area contributed by atoms with Crippen LogP contribution in [0.1, 0.15) is 12.5 Å². The van der Waals surface area contributed by atoms with Gasteiger partial charge < -0.3 is 5.11 Å². The molecule has 52 valence electrons. The van der Waals surface area contributed by atoms with E-state index in [1.807, 2.05) is 25.1 Å². The predicted octanol–water partition coefficient (Wildman–Crippen LogP) is 1.95. The van der Waals surface area contributed by atoms with Crippen molar-refractivity contribution in [3.63, 3.8) is 0 Å². The SMILES string of the molecule is CCc1ccccc1O.[Zr]. The smallest absolute Gasteiger partial charge is 0.118 e. The van der Waals surface area contributed by atoms with Crippen LogP contribution in [-0.2, 0) is 32.6 Å². The fourth-order valence-corrected chi connectivity index (χ4v) is 0.810. The van der Waals surface area contributed by atoms with Gasteiger partial charge in [0.05, 0.1) is 0 Å². The summed E-state index contributed by atoms with van der Waals surface area (Å²) in [7, 11) is 0. The molecule has 0 fully saturated rings. The molecule has 0 radical (unpaired) electrons. The van der Waals surface area contributed by atoms with Crippen molar-refractivity contribution in [2.75, 3.05) is 0 Å². The first-order valence-electron chi connectivity index (χ1n) is 3.11. The van der Waals surface area contributed by atoms with Crippen molar-refractivity contribution in [1.82, 2.24) is 0 Å². The van der Waals surface area contributed by atoms with Crippen molar-refractivity contribution in [3.8, 4) is 5.75 Å². The van der Waals surface area contributed by atoms with E-state index in [-0.39, 0.29) is 26.2 Å². The molecule has 0 bridgehead atoms. The first-order chi connectivity index (χ1) is 4.34. The number of aromatic hydroxyl groups is 1. The van der Waals surface area contributed by atoms with Crippen molar-refractivity contribution in [2.24, 2.45) is 0 Å². The zero-order chi connectivity index (χ0) is 6.69. The molecule has 2 heteroatoms. The van der Waals surface area contributed by atoms with Crippen LogP contribution in [0.15, 0.2) is 24.3 Å². The van der Waals surface area contributed by atoms with Gasteiger partial charge >= 0.3 is 0 Å². The molecule has 0 atom stereocenters. The molecule has 1 N–H and O–H groups in total. The quantitative estimate of drug-likeness (QED) is 0.756. The summed E-state index contributed by atoms with van der Waals surface area (Å²) in [6.45, 7) is 2.02. The molecule has 1 aromatic rings. The minimum Gasteiger partial charge on any atom is -0.508 e. The third-order valence-electron chi connectivity index (χ3n) is 1.37. The van der Waals surface area contributed by atoms with Gasteiger partial charge in [-0.3, -0.25) is 0 Å². The normalized spacial score (nSPS) is 8.50. The number of para-hydroxylation sites is 1. The van der Waals surface area contributed by atoms with Crippen molar-refractivity contribution in [1.29, 1.82) is 0 Å². The molecule has 0 aliphatic carbocycles. The molecule has 0 saturated heterocycles. The molecule has 1 rings (SSSR count). The molecule has 0 unspecified atom stereocenters. The Morgan fingerprint density at radius 3 is 2.30 bits per heavy atom. The Morgan fingerprint density at radius 1 is 1.30 bits per heavy atom. The molecular weight excluding hydrogens is 203 g/mol. The van der Waals surface area contributed by atoms with Gasteiger partial charge in [0.15, 0.2) is 0 Å². The number of rotatable bonds is 1. The van der Waals surface area contributed by atoms with Crippen LogP contribution in [-0.4, -0.2) is 5.11 Å². The molecule has 0 amide bonds. The maximum Gasteiger partial charge on any atom is 0.118 e. The van der Waals surface area contributed by atoms with Gasteiger partial charge in [-0.05, 0) is 18.1 Å². The summed E-state index contributed by atoms with van der Waals surface area (Å²) >= 11 is 0. The summed E-state index contributed by atoms with van der Waals surface area (Å²) in [4.78, 5) is 0. The predicted molar refractivity (Wildman–Crippen MR) is 37.5 cm³/mol. The molecule has 0 aromatic heterocycles. The second kappa shape index (κ2) is 4.68. The van der Waals surface area contributed by atoms with Gasteiger partial charge in [0.2, 0.25) is 0 Å². The zero-order valence-electron chi connectivity index (χ0n) is 5.96.